The van der Waals surface area contributed by atoms with Crippen LogP contribution in [0.2, 0.25) is 0 Å². The summed E-state index contributed by atoms with van der Waals surface area (Å²) in [4.78, 5) is 112. The quantitative estimate of drug-likeness (QED) is 0.0666. The van der Waals surface area contributed by atoms with Crippen LogP contribution in [0.4, 0.5) is 0 Å². The fourth-order valence-electron chi connectivity index (χ4n) is 2.79. The van der Waals surface area contributed by atoms with Crippen molar-refractivity contribution in [3.05, 3.63) is 0 Å². The summed E-state index contributed by atoms with van der Waals surface area (Å²) in [5.41, 5.74) is 0. The van der Waals surface area contributed by atoms with Gasteiger partial charge in [-0.25, -0.2) is 22.8 Å². The molecule has 24 nitrogen and oxygen atoms in total. The van der Waals surface area contributed by atoms with Crippen molar-refractivity contribution in [1.29, 1.82) is 0 Å². The van der Waals surface area contributed by atoms with Gasteiger partial charge in [-0.05, 0) is 0 Å². The molecule has 11 N–H and O–H groups in total. The van der Waals surface area contributed by atoms with Crippen LogP contribution in [0.3, 0.4) is 0 Å². The molecule has 0 aromatic heterocycles. The van der Waals surface area contributed by atoms with E-state index in [1.807, 2.05) is 0 Å². The maximum Gasteiger partial charge on any atom is 1.00 e. The first-order chi connectivity index (χ1) is 15.6. The fourth-order valence-corrected chi connectivity index (χ4v) is 6.12. The minimum Gasteiger partial charge on any atom is -0.756 e. The molecule has 1 aliphatic carbocycles. The van der Waals surface area contributed by atoms with Crippen LogP contribution < -0.4 is 56.3 Å². The molecule has 1 rings (SSSR count). The van der Waals surface area contributed by atoms with Crippen molar-refractivity contribution in [3.8, 4) is 0 Å². The molecule has 3 unspecified atom stereocenters. The average molecular weight is 698 g/mol. The van der Waals surface area contributed by atoms with Crippen molar-refractivity contribution < 1.29 is 165 Å². The maximum absolute atomic E-state index is 11.4. The van der Waals surface area contributed by atoms with Gasteiger partial charge in [0, 0.05) is 0 Å². The van der Waals surface area contributed by atoms with Crippen LogP contribution in [-0.4, -0.2) is 90.5 Å². The van der Waals surface area contributed by atoms with E-state index in [0.29, 0.717) is 0 Å². The number of rotatable bonds is 12. The van der Waals surface area contributed by atoms with Gasteiger partial charge in [-0.2, -0.15) is 0 Å². The Hall–Kier alpha value is 2.30. The fraction of sp³-hybridized carbons (Fsp3) is 1.00. The largest absolute Gasteiger partial charge is 1.00 e. The van der Waals surface area contributed by atoms with Crippen LogP contribution in [0, 0.1) is 0 Å². The third-order valence-corrected chi connectivity index (χ3v) is 6.59. The molecule has 0 amide bonds. The number of phosphoric ester groups is 6. The first-order valence-corrected chi connectivity index (χ1v) is 17.1. The van der Waals surface area contributed by atoms with Crippen LogP contribution in [0.1, 0.15) is 0 Å². The van der Waals surface area contributed by atoms with E-state index in [4.69, 9.17) is 53.8 Å². The number of hydrogen-bond donors (Lipinski definition) is 11. The first kappa shape index (κ1) is 39.3. The molecule has 1 saturated carbocycles. The second-order valence-electron chi connectivity index (χ2n) is 6.34. The number of hydrogen-bond acceptors (Lipinski definition) is 13. The zero-order chi connectivity index (χ0) is 28.7. The van der Waals surface area contributed by atoms with Crippen LogP contribution in [0.5, 0.6) is 0 Å². The van der Waals surface area contributed by atoms with E-state index < -0.39 is 83.6 Å². The van der Waals surface area contributed by atoms with Gasteiger partial charge in [0.15, 0.2) is 0 Å². The van der Waals surface area contributed by atoms with Gasteiger partial charge >= 0.3 is 90.5 Å². The Morgan fingerprint density at radius 2 is 0.514 bits per heavy atom. The summed E-state index contributed by atoms with van der Waals surface area (Å²) < 4.78 is 92.7. The molecule has 7 atom stereocenters. The number of phosphoric acid groups is 6. The molecule has 0 radical (unpaired) electrons. The molecule has 0 heterocycles. The summed E-state index contributed by atoms with van der Waals surface area (Å²) in [5.74, 6) is 0. The Labute approximate surface area is 246 Å². The molecule has 0 saturated heterocycles. The van der Waals surface area contributed by atoms with Crippen molar-refractivity contribution in [2.24, 2.45) is 0 Å². The summed E-state index contributed by atoms with van der Waals surface area (Å²) in [7, 11) is -36.4. The van der Waals surface area contributed by atoms with Gasteiger partial charge in [-0.1, -0.05) is 0 Å². The molecule has 0 aromatic rings. The Kier molecular flexibility index (Phi) is 14.6. The Bertz CT molecular complexity index is 824. The maximum atomic E-state index is 11.4. The van der Waals surface area contributed by atoms with E-state index in [2.05, 4.69) is 27.1 Å². The zero-order valence-electron chi connectivity index (χ0n) is 17.4. The zero-order valence-corrected chi connectivity index (χ0v) is 25.9. The van der Waals surface area contributed by atoms with Crippen molar-refractivity contribution in [2.75, 3.05) is 0 Å². The topological polar surface area (TPSA) is 403 Å². The molecule has 1 fully saturated rings. The minimum absolute atomic E-state index is 0. The van der Waals surface area contributed by atoms with Crippen molar-refractivity contribution in [2.45, 2.75) is 36.6 Å². The second kappa shape index (κ2) is 13.7. The van der Waals surface area contributed by atoms with E-state index in [-0.39, 0.29) is 51.4 Å². The predicted octanol–water partition coefficient (Wildman–Crippen LogP) is -6.76. The molecular formula is C6H17KO24P6. The third kappa shape index (κ3) is 15.9. The Morgan fingerprint density at radius 3 is 0.622 bits per heavy atom. The predicted molar refractivity (Wildman–Crippen MR) is 99.3 cm³/mol. The molecular weight excluding hydrogens is 681 g/mol. The van der Waals surface area contributed by atoms with E-state index in [1.165, 1.54) is 0 Å². The normalized spacial score (nSPS) is 29.8. The summed E-state index contributed by atoms with van der Waals surface area (Å²) in [6, 6.07) is 0. The summed E-state index contributed by atoms with van der Waals surface area (Å²) in [6.07, 6.45) is -19.1. The molecule has 0 bridgehead atoms. The molecule has 0 aromatic carbocycles. The molecule has 37 heavy (non-hydrogen) atoms. The Morgan fingerprint density at radius 1 is 0.378 bits per heavy atom. The molecule has 216 valence electrons. The van der Waals surface area contributed by atoms with Crippen molar-refractivity contribution >= 4 is 46.9 Å². The van der Waals surface area contributed by atoms with Crippen LogP contribution in [-0.2, 0) is 54.5 Å². The standard InChI is InChI=1S/C6H18O24P6.K/c7-31(8,9)25-1-2(26-32(10,11)12)4(28-34(16,17)18)6(30-36(22,23)24)5(29-35(19,20)21)3(1)27-33(13,14)15;/h1-6H,(H2,7,8,9)(H2,10,11,12)(H2,13,14,15)(H2,16,17,18)(H2,19,20,21)(H2,22,23,24);/q;+1/p-1/t1-,2-,3?,4?,5-,6+;/m0./s1. The van der Waals surface area contributed by atoms with Crippen molar-refractivity contribution in [3.63, 3.8) is 0 Å². The molecule has 31 heteroatoms. The van der Waals surface area contributed by atoms with E-state index in [0.717, 1.165) is 0 Å². The van der Waals surface area contributed by atoms with E-state index in [1.54, 1.807) is 0 Å². The SMILES string of the molecule is O=P([O-])(O)OC1[C@@H](OP(=O)(O)O)[C@H](OP(=O)(O)O)C(OP(=O)(O)O)[C@H](OP(=O)(O)O)[C@@H]1OP(=O)(O)O.[K+]. The van der Waals surface area contributed by atoms with Gasteiger partial charge in [-0.3, -0.25) is 27.2 Å². The van der Waals surface area contributed by atoms with Gasteiger partial charge < -0.3 is 63.2 Å². The van der Waals surface area contributed by atoms with Gasteiger partial charge in [0.1, 0.15) is 36.6 Å². The smallest absolute Gasteiger partial charge is 0.756 e. The summed E-state index contributed by atoms with van der Waals surface area (Å²) in [5, 5.41) is 0. The molecule has 0 spiro atoms. The first-order valence-electron chi connectivity index (χ1n) is 7.99. The minimum atomic E-state index is -6.27. The van der Waals surface area contributed by atoms with Crippen molar-refractivity contribution in [1.82, 2.24) is 0 Å². The third-order valence-electron chi connectivity index (χ3n) is 3.49. The van der Waals surface area contributed by atoms with Gasteiger partial charge in [0.25, 0.3) is 7.82 Å². The van der Waals surface area contributed by atoms with Crippen LogP contribution in [0.25, 0.3) is 0 Å². The monoisotopic (exact) mass is 698 g/mol. The van der Waals surface area contributed by atoms with Gasteiger partial charge in [0.2, 0.25) is 0 Å². The van der Waals surface area contributed by atoms with Crippen LogP contribution in [0.15, 0.2) is 0 Å². The van der Waals surface area contributed by atoms with Crippen LogP contribution >= 0.6 is 46.9 Å². The second-order valence-corrected chi connectivity index (χ2v) is 13.4. The summed E-state index contributed by atoms with van der Waals surface area (Å²) >= 11 is 0. The van der Waals surface area contributed by atoms with E-state index >= 15 is 0 Å². The summed E-state index contributed by atoms with van der Waals surface area (Å²) in [6.45, 7) is 0. The van der Waals surface area contributed by atoms with Gasteiger partial charge in [0.05, 0.1) is 0 Å². The average Bonchev–Trinajstić information content (AvgIpc) is 2.51. The van der Waals surface area contributed by atoms with E-state index in [9.17, 15) is 32.3 Å². The molecule has 1 aliphatic rings. The molecule has 0 aliphatic heterocycles. The Balaban J connectivity index is 0.0000130. The van der Waals surface area contributed by atoms with Gasteiger partial charge in [-0.15, -0.1) is 0 Å².